The van der Waals surface area contributed by atoms with Crippen LogP contribution in [-0.4, -0.2) is 55.7 Å². The molecule has 2 aromatic carbocycles. The van der Waals surface area contributed by atoms with E-state index in [1.54, 1.807) is 29.4 Å². The first kappa shape index (κ1) is 23.0. The molecule has 0 atom stereocenters. The van der Waals surface area contributed by atoms with Crippen LogP contribution in [-0.2, 0) is 4.79 Å². The van der Waals surface area contributed by atoms with Crippen molar-refractivity contribution in [1.29, 1.82) is 0 Å². The van der Waals surface area contributed by atoms with Gasteiger partial charge >= 0.3 is 0 Å². The minimum Gasteiger partial charge on any atom is -0.497 e. The van der Waals surface area contributed by atoms with Gasteiger partial charge in [0.05, 0.1) is 17.3 Å². The predicted molar refractivity (Wildman–Crippen MR) is 128 cm³/mol. The molecular formula is C24H31N3O3S. The molecule has 166 valence electrons. The number of carbonyl (C=O) groups is 1. The Kier molecular flexibility index (Phi) is 7.87. The van der Waals surface area contributed by atoms with Crippen molar-refractivity contribution >= 4 is 32.6 Å². The molecule has 1 heterocycles. The Labute approximate surface area is 188 Å². The van der Waals surface area contributed by atoms with Crippen molar-refractivity contribution in [1.82, 2.24) is 9.88 Å². The third-order valence-electron chi connectivity index (χ3n) is 5.28. The molecule has 0 unspecified atom stereocenters. The fourth-order valence-electron chi connectivity index (χ4n) is 3.50. The summed E-state index contributed by atoms with van der Waals surface area (Å²) in [6.45, 7) is 11.6. The number of anilines is 1. The van der Waals surface area contributed by atoms with Crippen LogP contribution in [0.15, 0.2) is 36.4 Å². The number of ether oxygens (including phenoxy) is 2. The minimum atomic E-state index is -0.108. The molecule has 31 heavy (non-hydrogen) atoms. The van der Waals surface area contributed by atoms with E-state index in [0.717, 1.165) is 35.0 Å². The monoisotopic (exact) mass is 441 g/mol. The van der Waals surface area contributed by atoms with Gasteiger partial charge in [-0.2, -0.15) is 0 Å². The summed E-state index contributed by atoms with van der Waals surface area (Å²) >= 11 is 1.56. The maximum absolute atomic E-state index is 13.2. The fourth-order valence-corrected chi connectivity index (χ4v) is 4.56. The fraction of sp³-hybridized carbons (Fsp3) is 0.417. The van der Waals surface area contributed by atoms with Crippen molar-refractivity contribution in [3.63, 3.8) is 0 Å². The largest absolute Gasteiger partial charge is 0.497 e. The number of likely N-dealkylation sites (N-methyl/N-ethyl adjacent to an activating group) is 1. The van der Waals surface area contributed by atoms with E-state index in [1.165, 1.54) is 11.1 Å². The Morgan fingerprint density at radius 2 is 1.81 bits per heavy atom. The van der Waals surface area contributed by atoms with Gasteiger partial charge in [0.1, 0.15) is 11.5 Å². The molecular weight excluding hydrogens is 410 g/mol. The molecule has 7 heteroatoms. The highest BCUT2D eigenvalue weighted by Crippen LogP contribution is 2.32. The zero-order chi connectivity index (χ0) is 22.4. The van der Waals surface area contributed by atoms with E-state index in [0.29, 0.717) is 18.0 Å². The summed E-state index contributed by atoms with van der Waals surface area (Å²) in [7, 11) is 1.61. The molecule has 0 bridgehead atoms. The lowest BCUT2D eigenvalue weighted by Crippen LogP contribution is -2.41. The van der Waals surface area contributed by atoms with Gasteiger partial charge < -0.3 is 14.4 Å². The quantitative estimate of drug-likeness (QED) is 0.457. The van der Waals surface area contributed by atoms with Gasteiger partial charge in [0.2, 0.25) is 0 Å². The average molecular weight is 442 g/mol. The molecule has 1 amide bonds. The van der Waals surface area contributed by atoms with Crippen molar-refractivity contribution in [3.05, 3.63) is 47.5 Å². The molecule has 3 aromatic rings. The smallest absolute Gasteiger partial charge is 0.266 e. The number of fused-ring (bicyclic) bond motifs is 1. The van der Waals surface area contributed by atoms with Gasteiger partial charge in [-0.1, -0.05) is 37.3 Å². The number of hydrogen-bond donors (Lipinski definition) is 0. The molecule has 0 N–H and O–H groups in total. The van der Waals surface area contributed by atoms with Crippen LogP contribution in [0.3, 0.4) is 0 Å². The van der Waals surface area contributed by atoms with Gasteiger partial charge in [-0.3, -0.25) is 9.69 Å². The van der Waals surface area contributed by atoms with E-state index in [-0.39, 0.29) is 12.5 Å². The second kappa shape index (κ2) is 10.6. The zero-order valence-electron chi connectivity index (χ0n) is 19.0. The summed E-state index contributed by atoms with van der Waals surface area (Å²) in [5.74, 6) is 1.19. The number of nitrogens with zero attached hydrogens (tertiary/aromatic N) is 3. The Morgan fingerprint density at radius 3 is 2.52 bits per heavy atom. The van der Waals surface area contributed by atoms with E-state index in [1.807, 2.05) is 18.2 Å². The molecule has 3 rings (SSSR count). The van der Waals surface area contributed by atoms with Crippen LogP contribution in [0.25, 0.3) is 10.2 Å². The van der Waals surface area contributed by atoms with Crippen molar-refractivity contribution in [2.24, 2.45) is 0 Å². The van der Waals surface area contributed by atoms with Gasteiger partial charge in [-0.15, -0.1) is 0 Å². The summed E-state index contributed by atoms with van der Waals surface area (Å²) in [5.41, 5.74) is 3.29. The minimum absolute atomic E-state index is 0.0562. The number of aromatic nitrogens is 1. The standard InChI is InChI=1S/C24H31N3O3S/c1-6-26(7-2)11-12-27(22(28)16-30-20-10-8-9-19(15-20)29-5)24-25-21-14-17(3)13-18(4)23(21)31-24/h8-10,13-15H,6-7,11-12,16H2,1-5H3. The second-order valence-electron chi connectivity index (χ2n) is 7.47. The number of thiazole rings is 1. The van der Waals surface area contributed by atoms with Crippen molar-refractivity contribution < 1.29 is 14.3 Å². The number of benzene rings is 2. The van der Waals surface area contributed by atoms with E-state index in [4.69, 9.17) is 14.5 Å². The molecule has 0 saturated heterocycles. The van der Waals surface area contributed by atoms with Crippen molar-refractivity contribution in [2.45, 2.75) is 27.7 Å². The maximum Gasteiger partial charge on any atom is 0.266 e. The van der Waals surface area contributed by atoms with E-state index in [9.17, 15) is 4.79 Å². The number of aryl methyl sites for hydroxylation is 2. The number of rotatable bonds is 10. The first-order valence-electron chi connectivity index (χ1n) is 10.6. The number of methoxy groups -OCH3 is 1. The third kappa shape index (κ3) is 5.74. The van der Waals surface area contributed by atoms with Crippen LogP contribution in [0.4, 0.5) is 5.13 Å². The number of amides is 1. The van der Waals surface area contributed by atoms with Crippen molar-refractivity contribution in [2.75, 3.05) is 44.8 Å². The molecule has 0 aliphatic carbocycles. The van der Waals surface area contributed by atoms with E-state index in [2.05, 4.69) is 44.7 Å². The van der Waals surface area contributed by atoms with E-state index < -0.39 is 0 Å². The Hall–Kier alpha value is -2.64. The summed E-state index contributed by atoms with van der Waals surface area (Å²) in [6, 6.07) is 11.5. The summed E-state index contributed by atoms with van der Waals surface area (Å²) in [4.78, 5) is 22.1. The summed E-state index contributed by atoms with van der Waals surface area (Å²) in [5, 5.41) is 0.718. The number of carbonyl (C=O) groups excluding carboxylic acids is 1. The lowest BCUT2D eigenvalue weighted by atomic mass is 10.1. The highest BCUT2D eigenvalue weighted by molar-refractivity contribution is 7.22. The molecule has 1 aromatic heterocycles. The van der Waals surface area contributed by atoms with Crippen LogP contribution >= 0.6 is 11.3 Å². The van der Waals surface area contributed by atoms with Gasteiger partial charge in [0.25, 0.3) is 5.91 Å². The van der Waals surface area contributed by atoms with E-state index >= 15 is 0 Å². The van der Waals surface area contributed by atoms with Crippen LogP contribution in [0, 0.1) is 13.8 Å². The van der Waals surface area contributed by atoms with Gasteiger partial charge in [0.15, 0.2) is 11.7 Å². The molecule has 6 nitrogen and oxygen atoms in total. The van der Waals surface area contributed by atoms with Crippen molar-refractivity contribution in [3.8, 4) is 11.5 Å². The Balaban J connectivity index is 1.83. The summed E-state index contributed by atoms with van der Waals surface area (Å²) in [6.07, 6.45) is 0. The average Bonchev–Trinajstić information content (AvgIpc) is 3.19. The second-order valence-corrected chi connectivity index (χ2v) is 8.44. The lowest BCUT2D eigenvalue weighted by molar-refractivity contribution is -0.120. The molecule has 0 spiro atoms. The number of hydrogen-bond acceptors (Lipinski definition) is 6. The predicted octanol–water partition coefficient (Wildman–Crippen LogP) is 4.68. The first-order chi connectivity index (χ1) is 14.9. The zero-order valence-corrected chi connectivity index (χ0v) is 19.8. The first-order valence-corrected chi connectivity index (χ1v) is 11.4. The highest BCUT2D eigenvalue weighted by Gasteiger charge is 2.21. The molecule has 0 fully saturated rings. The van der Waals surface area contributed by atoms with Gasteiger partial charge in [-0.25, -0.2) is 4.98 Å². The lowest BCUT2D eigenvalue weighted by Gasteiger charge is -2.24. The van der Waals surface area contributed by atoms with Gasteiger partial charge in [0, 0.05) is 19.2 Å². The SMILES string of the molecule is CCN(CC)CCN(C(=O)COc1cccc(OC)c1)c1nc2cc(C)cc(C)c2s1. The topological polar surface area (TPSA) is 54.9 Å². The summed E-state index contributed by atoms with van der Waals surface area (Å²) < 4.78 is 12.1. The Morgan fingerprint density at radius 1 is 1.06 bits per heavy atom. The van der Waals surface area contributed by atoms with Crippen LogP contribution in [0.2, 0.25) is 0 Å². The normalized spacial score (nSPS) is 11.2. The molecule has 0 aliphatic heterocycles. The maximum atomic E-state index is 13.2. The van der Waals surface area contributed by atoms with Crippen LogP contribution < -0.4 is 14.4 Å². The third-order valence-corrected chi connectivity index (χ3v) is 6.51. The molecule has 0 saturated carbocycles. The molecule has 0 aliphatic rings. The van der Waals surface area contributed by atoms with Crippen LogP contribution in [0.1, 0.15) is 25.0 Å². The highest BCUT2D eigenvalue weighted by atomic mass is 32.1. The molecule has 0 radical (unpaired) electrons. The van der Waals surface area contributed by atoms with Gasteiger partial charge in [-0.05, 0) is 56.3 Å². The van der Waals surface area contributed by atoms with Crippen LogP contribution in [0.5, 0.6) is 11.5 Å². The Bertz CT molecular complexity index is 1030.